The van der Waals surface area contributed by atoms with Crippen molar-refractivity contribution < 1.29 is 4.79 Å². The molecule has 0 unspecified atom stereocenters. The molecule has 1 aliphatic carbocycles. The number of amides is 1. The van der Waals surface area contributed by atoms with Gasteiger partial charge >= 0.3 is 0 Å². The number of anilines is 1. The highest BCUT2D eigenvalue weighted by Crippen LogP contribution is 2.26. The van der Waals surface area contributed by atoms with Crippen LogP contribution in [0.1, 0.15) is 25.7 Å². The van der Waals surface area contributed by atoms with Crippen LogP contribution in [0.25, 0.3) is 0 Å². The molecule has 19 heavy (non-hydrogen) atoms. The second-order valence-electron chi connectivity index (χ2n) is 4.53. The summed E-state index contributed by atoms with van der Waals surface area (Å²) < 4.78 is 0.931. The number of nitrogens with one attached hydrogen (secondary N) is 2. The maximum Gasteiger partial charge on any atom is 0.224 e. The highest BCUT2D eigenvalue weighted by atomic mass is 127. The van der Waals surface area contributed by atoms with Gasteiger partial charge in [-0.1, -0.05) is 6.42 Å². The number of carbonyl (C=O) groups is 1. The summed E-state index contributed by atoms with van der Waals surface area (Å²) in [6.07, 6.45) is 5.81. The van der Waals surface area contributed by atoms with Gasteiger partial charge in [-0.15, -0.1) is 0 Å². The van der Waals surface area contributed by atoms with E-state index >= 15 is 0 Å². The lowest BCUT2D eigenvalue weighted by Gasteiger charge is -2.24. The first-order valence-electron chi connectivity index (χ1n) is 6.36. The number of rotatable bonds is 6. The molecule has 0 aromatic carbocycles. The van der Waals surface area contributed by atoms with E-state index in [2.05, 4.69) is 43.2 Å². The molecule has 0 bridgehead atoms. The Hall–Kier alpha value is -0.630. The number of aromatic nitrogens is 2. The summed E-state index contributed by atoms with van der Waals surface area (Å²) in [7, 11) is 0. The zero-order valence-corrected chi connectivity index (χ0v) is 13.4. The number of nitrogens with zero attached hydrogens (tertiary/aromatic N) is 2. The van der Waals surface area contributed by atoms with Gasteiger partial charge in [-0.2, -0.15) is 4.98 Å². The maximum absolute atomic E-state index is 11.6. The zero-order chi connectivity index (χ0) is 13.7. The lowest BCUT2D eigenvalue weighted by atomic mass is 9.85. The highest BCUT2D eigenvalue weighted by molar-refractivity contribution is 14.1. The lowest BCUT2D eigenvalue weighted by Crippen LogP contribution is -2.35. The van der Waals surface area contributed by atoms with Crippen molar-refractivity contribution in [2.24, 2.45) is 5.92 Å². The van der Waals surface area contributed by atoms with Gasteiger partial charge in [0, 0.05) is 25.2 Å². The molecular weight excluding hydrogens is 379 g/mol. The third kappa shape index (κ3) is 4.45. The molecule has 104 valence electrons. The summed E-state index contributed by atoms with van der Waals surface area (Å²) in [6.45, 7) is 1.44. The Morgan fingerprint density at radius 1 is 1.47 bits per heavy atom. The highest BCUT2D eigenvalue weighted by Gasteiger charge is 2.24. The van der Waals surface area contributed by atoms with Crippen LogP contribution in [0.2, 0.25) is 5.28 Å². The van der Waals surface area contributed by atoms with Crippen molar-refractivity contribution in [3.05, 3.63) is 15.1 Å². The SMILES string of the molecule is O=C(NCCCNc1nc(Cl)ncc1I)C1CCC1. The minimum Gasteiger partial charge on any atom is -0.369 e. The standard InChI is InChI=1S/C12H16ClIN4O/c13-12-17-7-9(14)10(18-12)15-5-2-6-16-11(19)8-3-1-4-8/h7-8H,1-6H2,(H,16,19)(H,15,17,18). The molecule has 5 nitrogen and oxygen atoms in total. The number of hydrogen-bond acceptors (Lipinski definition) is 4. The van der Waals surface area contributed by atoms with Gasteiger partial charge in [0.25, 0.3) is 0 Å². The minimum atomic E-state index is 0.200. The average Bonchev–Trinajstić information content (AvgIpc) is 2.31. The van der Waals surface area contributed by atoms with Crippen molar-refractivity contribution in [2.45, 2.75) is 25.7 Å². The molecule has 1 fully saturated rings. The Morgan fingerprint density at radius 3 is 2.95 bits per heavy atom. The second kappa shape index (κ2) is 7.23. The van der Waals surface area contributed by atoms with Crippen LogP contribution in [0.15, 0.2) is 6.20 Å². The molecule has 1 aliphatic rings. The van der Waals surface area contributed by atoms with E-state index < -0.39 is 0 Å². The molecule has 0 radical (unpaired) electrons. The van der Waals surface area contributed by atoms with Gasteiger partial charge < -0.3 is 10.6 Å². The van der Waals surface area contributed by atoms with E-state index in [1.54, 1.807) is 6.20 Å². The van der Waals surface area contributed by atoms with Gasteiger partial charge in [0.15, 0.2) is 0 Å². The predicted octanol–water partition coefficient (Wildman–Crippen LogP) is 2.45. The molecule has 0 saturated heterocycles. The Kier molecular flexibility index (Phi) is 5.62. The Bertz CT molecular complexity index is 453. The van der Waals surface area contributed by atoms with Crippen LogP contribution in [-0.4, -0.2) is 29.0 Å². The first-order valence-corrected chi connectivity index (χ1v) is 7.82. The summed E-state index contributed by atoms with van der Waals surface area (Å²) in [5.41, 5.74) is 0. The normalized spacial score (nSPS) is 14.8. The third-order valence-corrected chi connectivity index (χ3v) is 4.11. The summed E-state index contributed by atoms with van der Waals surface area (Å²) in [5.74, 6) is 1.20. The van der Waals surface area contributed by atoms with Gasteiger partial charge in [-0.05, 0) is 53.5 Å². The molecule has 7 heteroatoms. The number of carbonyl (C=O) groups excluding carboxylic acids is 1. The first kappa shape index (κ1) is 14.8. The van der Waals surface area contributed by atoms with E-state index in [4.69, 9.17) is 11.6 Å². The Morgan fingerprint density at radius 2 is 2.26 bits per heavy atom. The van der Waals surface area contributed by atoms with Crippen molar-refractivity contribution in [1.29, 1.82) is 0 Å². The minimum absolute atomic E-state index is 0.200. The van der Waals surface area contributed by atoms with Crippen LogP contribution in [0.5, 0.6) is 0 Å². The first-order chi connectivity index (χ1) is 9.16. The second-order valence-corrected chi connectivity index (χ2v) is 6.04. The summed E-state index contributed by atoms with van der Waals surface area (Å²) in [5, 5.41) is 6.38. The Labute approximate surface area is 131 Å². The van der Waals surface area contributed by atoms with Crippen LogP contribution < -0.4 is 10.6 Å². The largest absolute Gasteiger partial charge is 0.369 e. The smallest absolute Gasteiger partial charge is 0.224 e. The summed E-state index contributed by atoms with van der Waals surface area (Å²) >= 11 is 7.89. The van der Waals surface area contributed by atoms with E-state index in [9.17, 15) is 4.79 Å². The fraction of sp³-hybridized carbons (Fsp3) is 0.583. The molecular formula is C12H16ClIN4O. The molecule has 2 N–H and O–H groups in total. The van der Waals surface area contributed by atoms with Crippen LogP contribution in [0, 0.1) is 9.49 Å². The van der Waals surface area contributed by atoms with E-state index in [0.717, 1.165) is 35.2 Å². The topological polar surface area (TPSA) is 66.9 Å². The molecule has 0 atom stereocenters. The van der Waals surface area contributed by atoms with E-state index in [0.29, 0.717) is 6.54 Å². The quantitative estimate of drug-likeness (QED) is 0.442. The molecule has 1 saturated carbocycles. The van der Waals surface area contributed by atoms with E-state index in [1.807, 2.05) is 0 Å². The van der Waals surface area contributed by atoms with Crippen molar-refractivity contribution >= 4 is 45.9 Å². The van der Waals surface area contributed by atoms with Gasteiger partial charge in [0.05, 0.1) is 3.57 Å². The van der Waals surface area contributed by atoms with Crippen molar-refractivity contribution in [2.75, 3.05) is 18.4 Å². The fourth-order valence-electron chi connectivity index (χ4n) is 1.79. The van der Waals surface area contributed by atoms with Crippen LogP contribution >= 0.6 is 34.2 Å². The van der Waals surface area contributed by atoms with E-state index in [-0.39, 0.29) is 17.1 Å². The monoisotopic (exact) mass is 394 g/mol. The van der Waals surface area contributed by atoms with E-state index in [1.165, 1.54) is 6.42 Å². The summed E-state index contributed by atoms with van der Waals surface area (Å²) in [6, 6.07) is 0. The van der Waals surface area contributed by atoms with Crippen molar-refractivity contribution in [3.63, 3.8) is 0 Å². The van der Waals surface area contributed by atoms with Gasteiger partial charge in [0.2, 0.25) is 11.2 Å². The van der Waals surface area contributed by atoms with Gasteiger partial charge in [0.1, 0.15) is 5.82 Å². The van der Waals surface area contributed by atoms with Crippen LogP contribution in [-0.2, 0) is 4.79 Å². The molecule has 1 heterocycles. The molecule has 0 aliphatic heterocycles. The number of halogens is 2. The molecule has 1 aromatic rings. The van der Waals surface area contributed by atoms with Crippen molar-refractivity contribution in [3.8, 4) is 0 Å². The fourth-order valence-corrected chi connectivity index (χ4v) is 2.37. The molecule has 1 amide bonds. The van der Waals surface area contributed by atoms with Gasteiger partial charge in [-0.3, -0.25) is 4.79 Å². The maximum atomic E-state index is 11.6. The molecule has 0 spiro atoms. The van der Waals surface area contributed by atoms with Crippen molar-refractivity contribution in [1.82, 2.24) is 15.3 Å². The molecule has 2 rings (SSSR count). The lowest BCUT2D eigenvalue weighted by molar-refractivity contribution is -0.127. The average molecular weight is 395 g/mol. The van der Waals surface area contributed by atoms with Crippen LogP contribution in [0.3, 0.4) is 0 Å². The third-order valence-electron chi connectivity index (χ3n) is 3.14. The van der Waals surface area contributed by atoms with Gasteiger partial charge in [-0.25, -0.2) is 4.98 Å². The zero-order valence-electron chi connectivity index (χ0n) is 10.5. The van der Waals surface area contributed by atoms with Crippen LogP contribution in [0.4, 0.5) is 5.82 Å². The number of hydrogen-bond donors (Lipinski definition) is 2. The molecule has 1 aromatic heterocycles. The Balaban J connectivity index is 1.63. The summed E-state index contributed by atoms with van der Waals surface area (Å²) in [4.78, 5) is 19.6. The predicted molar refractivity (Wildman–Crippen MR) is 83.2 cm³/mol.